The molecule has 0 bridgehead atoms. The summed E-state index contributed by atoms with van der Waals surface area (Å²) in [5.74, 6) is -0.344. The van der Waals surface area contributed by atoms with Gasteiger partial charge in [0.1, 0.15) is 0 Å². The number of amides is 2. The maximum absolute atomic E-state index is 12.9. The first-order chi connectivity index (χ1) is 15.6. The summed E-state index contributed by atoms with van der Waals surface area (Å²) >= 11 is 1.34. The molecule has 1 aromatic carbocycles. The molecule has 3 aromatic heterocycles. The number of benzene rings is 1. The van der Waals surface area contributed by atoms with Gasteiger partial charge in [-0.1, -0.05) is 30.3 Å². The van der Waals surface area contributed by atoms with Crippen LogP contribution in [0.1, 0.15) is 59.3 Å². The van der Waals surface area contributed by atoms with Gasteiger partial charge in [-0.3, -0.25) is 9.59 Å². The number of carbonyl (C=O) groups excluding carboxylic acids is 2. The number of nitrogen functional groups attached to an aromatic ring is 1. The molecule has 0 radical (unpaired) electrons. The third-order valence-electron chi connectivity index (χ3n) is 4.99. The molecule has 33 heavy (non-hydrogen) atoms. The highest BCUT2D eigenvalue weighted by Gasteiger charge is 2.21. The Balaban J connectivity index is 1.63. The minimum atomic E-state index is -0.418. The van der Waals surface area contributed by atoms with E-state index in [4.69, 9.17) is 5.73 Å². The van der Waals surface area contributed by atoms with Crippen molar-refractivity contribution in [3.8, 4) is 11.1 Å². The van der Waals surface area contributed by atoms with Gasteiger partial charge in [0.15, 0.2) is 5.65 Å². The number of carbonyl (C=O) groups is 2. The normalized spacial score (nSPS) is 12.5. The third kappa shape index (κ3) is 5.04. The number of nitrogens with one attached hydrogen (secondary N) is 2. The molecule has 4 rings (SSSR count). The predicted molar refractivity (Wildman–Crippen MR) is 130 cm³/mol. The van der Waals surface area contributed by atoms with E-state index >= 15 is 0 Å². The smallest absolute Gasteiger partial charge is 0.261 e. The summed E-state index contributed by atoms with van der Waals surface area (Å²) in [5.41, 5.74) is 8.68. The van der Waals surface area contributed by atoms with Gasteiger partial charge >= 0.3 is 0 Å². The van der Waals surface area contributed by atoms with Crippen LogP contribution in [0.4, 0.5) is 5.95 Å². The fourth-order valence-corrected chi connectivity index (χ4v) is 4.25. The fraction of sp³-hybridized carbons (Fsp3) is 0.250. The van der Waals surface area contributed by atoms with Gasteiger partial charge < -0.3 is 16.4 Å². The lowest BCUT2D eigenvalue weighted by atomic mass is 10.1. The van der Waals surface area contributed by atoms with Crippen LogP contribution in [-0.4, -0.2) is 32.0 Å². The van der Waals surface area contributed by atoms with Crippen molar-refractivity contribution >= 4 is 34.7 Å². The van der Waals surface area contributed by atoms with E-state index in [-0.39, 0.29) is 23.8 Å². The number of anilines is 1. The minimum Gasteiger partial charge on any atom is -0.366 e. The molecule has 0 saturated carbocycles. The first-order valence-corrected chi connectivity index (χ1v) is 11.4. The summed E-state index contributed by atoms with van der Waals surface area (Å²) in [4.78, 5) is 30.5. The van der Waals surface area contributed by atoms with Crippen LogP contribution in [0, 0.1) is 0 Å². The molecule has 3 heterocycles. The van der Waals surface area contributed by atoms with E-state index in [0.29, 0.717) is 16.1 Å². The van der Waals surface area contributed by atoms with Crippen molar-refractivity contribution in [3.63, 3.8) is 0 Å². The Kier molecular flexibility index (Phi) is 5.90. The molecule has 170 valence electrons. The summed E-state index contributed by atoms with van der Waals surface area (Å²) in [6, 6.07) is 13.2. The second kappa shape index (κ2) is 8.67. The zero-order valence-corrected chi connectivity index (χ0v) is 19.7. The van der Waals surface area contributed by atoms with Gasteiger partial charge in [-0.15, -0.1) is 16.4 Å². The monoisotopic (exact) mass is 462 g/mol. The summed E-state index contributed by atoms with van der Waals surface area (Å²) < 4.78 is 1.50. The summed E-state index contributed by atoms with van der Waals surface area (Å²) in [6.45, 7) is 7.67. The summed E-state index contributed by atoms with van der Waals surface area (Å²) in [5, 5.41) is 12.0. The van der Waals surface area contributed by atoms with Crippen LogP contribution < -0.4 is 16.4 Å². The molecule has 0 aliphatic carbocycles. The van der Waals surface area contributed by atoms with Crippen LogP contribution in [0.15, 0.2) is 54.0 Å². The van der Waals surface area contributed by atoms with E-state index in [9.17, 15) is 9.59 Å². The Morgan fingerprint density at radius 1 is 1.09 bits per heavy atom. The summed E-state index contributed by atoms with van der Waals surface area (Å²) in [6.07, 6.45) is 1.75. The van der Waals surface area contributed by atoms with Gasteiger partial charge in [-0.05, 0) is 56.3 Å². The van der Waals surface area contributed by atoms with Gasteiger partial charge in [0.2, 0.25) is 5.95 Å². The number of hydrogen-bond donors (Lipinski definition) is 3. The highest BCUT2D eigenvalue weighted by atomic mass is 32.1. The molecular weight excluding hydrogens is 436 g/mol. The lowest BCUT2D eigenvalue weighted by molar-refractivity contribution is 0.0917. The van der Waals surface area contributed by atoms with E-state index < -0.39 is 5.54 Å². The van der Waals surface area contributed by atoms with E-state index in [2.05, 4.69) is 20.7 Å². The van der Waals surface area contributed by atoms with Gasteiger partial charge in [0.05, 0.1) is 16.5 Å². The van der Waals surface area contributed by atoms with E-state index in [1.165, 1.54) is 15.9 Å². The lowest BCUT2D eigenvalue weighted by Crippen LogP contribution is -2.40. The molecule has 0 aliphatic rings. The van der Waals surface area contributed by atoms with Crippen LogP contribution in [0.25, 0.3) is 16.8 Å². The molecule has 0 fully saturated rings. The molecule has 9 heteroatoms. The SMILES string of the molecule is C[C@H](NC(=O)c1cc(-c2cc(C(=O)NC(C)(C)C)c3nc(N)nn3c2)cs1)c1ccccc1. The van der Waals surface area contributed by atoms with Crippen LogP contribution in [0.3, 0.4) is 0 Å². The molecule has 4 aromatic rings. The van der Waals surface area contributed by atoms with Crippen LogP contribution in [0.5, 0.6) is 0 Å². The number of rotatable bonds is 5. The molecule has 4 N–H and O–H groups in total. The number of pyridine rings is 1. The fourth-order valence-electron chi connectivity index (χ4n) is 3.43. The highest BCUT2D eigenvalue weighted by Crippen LogP contribution is 2.28. The molecule has 8 nitrogen and oxygen atoms in total. The van der Waals surface area contributed by atoms with Crippen LogP contribution in [-0.2, 0) is 0 Å². The average molecular weight is 463 g/mol. The van der Waals surface area contributed by atoms with E-state index in [1.54, 1.807) is 12.3 Å². The quantitative estimate of drug-likeness (QED) is 0.414. The minimum absolute atomic E-state index is 0.0808. The van der Waals surface area contributed by atoms with Crippen LogP contribution >= 0.6 is 11.3 Å². The van der Waals surface area contributed by atoms with Crippen molar-refractivity contribution in [1.29, 1.82) is 0 Å². The van der Waals surface area contributed by atoms with Gasteiger partial charge in [0, 0.05) is 17.3 Å². The number of hydrogen-bond acceptors (Lipinski definition) is 6. The topological polar surface area (TPSA) is 114 Å². The first kappa shape index (κ1) is 22.5. The molecule has 0 aliphatic heterocycles. The Bertz CT molecular complexity index is 1320. The molecule has 1 atom stereocenters. The maximum Gasteiger partial charge on any atom is 0.261 e. The number of fused-ring (bicyclic) bond motifs is 1. The van der Waals surface area contributed by atoms with Crippen molar-refractivity contribution in [1.82, 2.24) is 25.2 Å². The Morgan fingerprint density at radius 3 is 2.52 bits per heavy atom. The average Bonchev–Trinajstić information content (AvgIpc) is 3.38. The standard InChI is InChI=1S/C24H26N6O2S/c1-14(15-8-6-5-7-9-15)26-22(32)19-11-17(13-33-19)16-10-18(21(31)28-24(2,3)4)20-27-23(25)29-30(20)12-16/h5-14H,1-4H3,(H2,25,29)(H,26,32)(H,28,31)/t14-/m0/s1. The predicted octanol–water partition coefficient (Wildman–Crippen LogP) is 4.06. The Morgan fingerprint density at radius 2 is 1.82 bits per heavy atom. The number of thiophene rings is 1. The highest BCUT2D eigenvalue weighted by molar-refractivity contribution is 7.12. The molecule has 0 spiro atoms. The molecular formula is C24H26N6O2S. The van der Waals surface area contributed by atoms with Gasteiger partial charge in [0.25, 0.3) is 11.8 Å². The van der Waals surface area contributed by atoms with Crippen molar-refractivity contribution < 1.29 is 9.59 Å². The number of aromatic nitrogens is 3. The number of nitrogens with zero attached hydrogens (tertiary/aromatic N) is 3. The van der Waals surface area contributed by atoms with Crippen molar-refractivity contribution in [2.24, 2.45) is 0 Å². The third-order valence-corrected chi connectivity index (χ3v) is 5.92. The van der Waals surface area contributed by atoms with Crippen LogP contribution in [0.2, 0.25) is 0 Å². The zero-order chi connectivity index (χ0) is 23.8. The molecule has 2 amide bonds. The first-order valence-electron chi connectivity index (χ1n) is 10.5. The Hall–Kier alpha value is -3.72. The van der Waals surface area contributed by atoms with E-state index in [0.717, 1.165) is 16.7 Å². The molecule has 0 saturated heterocycles. The maximum atomic E-state index is 12.9. The largest absolute Gasteiger partial charge is 0.366 e. The number of nitrogens with two attached hydrogens (primary N) is 1. The molecule has 0 unspecified atom stereocenters. The second-order valence-corrected chi connectivity index (χ2v) is 9.80. The second-order valence-electron chi connectivity index (χ2n) is 8.89. The van der Waals surface area contributed by atoms with E-state index in [1.807, 2.05) is 69.5 Å². The van der Waals surface area contributed by atoms with Crippen molar-refractivity contribution in [2.45, 2.75) is 39.3 Å². The van der Waals surface area contributed by atoms with Gasteiger partial charge in [-0.25, -0.2) is 4.52 Å². The van der Waals surface area contributed by atoms with Crippen molar-refractivity contribution in [3.05, 3.63) is 70.0 Å². The van der Waals surface area contributed by atoms with Crippen molar-refractivity contribution in [2.75, 3.05) is 5.73 Å². The summed E-state index contributed by atoms with van der Waals surface area (Å²) in [7, 11) is 0. The zero-order valence-electron chi connectivity index (χ0n) is 18.9. The lowest BCUT2D eigenvalue weighted by Gasteiger charge is -2.20. The Labute approximate surface area is 195 Å². The van der Waals surface area contributed by atoms with Gasteiger partial charge in [-0.2, -0.15) is 4.98 Å².